The van der Waals surface area contributed by atoms with Crippen molar-refractivity contribution < 1.29 is 4.79 Å². The Balaban J connectivity index is 2.38. The number of para-hydroxylation sites is 1. The summed E-state index contributed by atoms with van der Waals surface area (Å²) in [6.45, 7) is 0. The second-order valence-electron chi connectivity index (χ2n) is 3.68. The summed E-state index contributed by atoms with van der Waals surface area (Å²) in [5.74, 6) is -0.0628. The van der Waals surface area contributed by atoms with Crippen molar-refractivity contribution in [3.8, 4) is 0 Å². The van der Waals surface area contributed by atoms with Gasteiger partial charge in [0.1, 0.15) is 11.6 Å². The molecule has 0 atom stereocenters. The Kier molecular flexibility index (Phi) is 3.43. The molecular weight excluding hydrogens is 264 g/mol. The summed E-state index contributed by atoms with van der Waals surface area (Å²) in [7, 11) is 0. The zero-order valence-electron chi connectivity index (χ0n) is 9.83. The maximum absolute atomic E-state index is 11.2. The van der Waals surface area contributed by atoms with Crippen molar-refractivity contribution >= 4 is 35.0 Å². The molecule has 7 nitrogen and oxygen atoms in total. The Morgan fingerprint density at radius 2 is 1.74 bits per heavy atom. The molecule has 0 radical (unpaired) electrons. The minimum absolute atomic E-state index is 0.252. The maximum atomic E-state index is 11.2. The standard InChI is InChI=1S/C11H12N6OS/c12-7-4-8(13)17-11(16-7)19-6-3-1-2-5(9(6)14)10(15)18/h1-4H,14H2,(H2,15,18)(H4,12,13,16,17). The molecule has 0 unspecified atom stereocenters. The van der Waals surface area contributed by atoms with Crippen LogP contribution in [0.3, 0.4) is 0 Å². The quantitative estimate of drug-likeness (QED) is 0.470. The smallest absolute Gasteiger partial charge is 0.250 e. The summed E-state index contributed by atoms with van der Waals surface area (Å²) < 4.78 is 0. The molecule has 2 rings (SSSR count). The zero-order valence-corrected chi connectivity index (χ0v) is 10.6. The number of nitrogens with two attached hydrogens (primary N) is 4. The Bertz CT molecular complexity index is 625. The highest BCUT2D eigenvalue weighted by atomic mass is 32.2. The van der Waals surface area contributed by atoms with Gasteiger partial charge in [0.05, 0.1) is 11.3 Å². The average Bonchev–Trinajstić information content (AvgIpc) is 2.30. The molecule has 0 spiro atoms. The van der Waals surface area contributed by atoms with Crippen molar-refractivity contribution in [1.82, 2.24) is 9.97 Å². The lowest BCUT2D eigenvalue weighted by Crippen LogP contribution is -2.13. The molecular formula is C11H12N6OS. The number of rotatable bonds is 3. The monoisotopic (exact) mass is 276 g/mol. The third-order valence-corrected chi connectivity index (χ3v) is 3.22. The molecule has 19 heavy (non-hydrogen) atoms. The van der Waals surface area contributed by atoms with Crippen LogP contribution in [0.15, 0.2) is 34.3 Å². The van der Waals surface area contributed by atoms with E-state index in [4.69, 9.17) is 22.9 Å². The topological polar surface area (TPSA) is 147 Å². The lowest BCUT2D eigenvalue weighted by atomic mass is 10.2. The molecule has 98 valence electrons. The van der Waals surface area contributed by atoms with Gasteiger partial charge in [-0.2, -0.15) is 0 Å². The summed E-state index contributed by atoms with van der Waals surface area (Å²) in [6.07, 6.45) is 0. The Hall–Kier alpha value is -2.48. The van der Waals surface area contributed by atoms with E-state index in [1.54, 1.807) is 18.2 Å². The van der Waals surface area contributed by atoms with Crippen molar-refractivity contribution in [2.75, 3.05) is 17.2 Å². The van der Waals surface area contributed by atoms with Gasteiger partial charge in [-0.05, 0) is 23.9 Å². The first kappa shape index (κ1) is 13.0. The van der Waals surface area contributed by atoms with Gasteiger partial charge in [0, 0.05) is 11.0 Å². The molecule has 0 aliphatic heterocycles. The second kappa shape index (κ2) is 5.02. The highest BCUT2D eigenvalue weighted by Gasteiger charge is 2.12. The van der Waals surface area contributed by atoms with E-state index in [2.05, 4.69) is 9.97 Å². The predicted octanol–water partition coefficient (Wildman–Crippen LogP) is 0.473. The molecule has 1 aromatic carbocycles. The van der Waals surface area contributed by atoms with Crippen molar-refractivity contribution in [3.63, 3.8) is 0 Å². The van der Waals surface area contributed by atoms with Crippen LogP contribution in [0.5, 0.6) is 0 Å². The van der Waals surface area contributed by atoms with Crippen molar-refractivity contribution in [3.05, 3.63) is 29.8 Å². The number of aromatic nitrogens is 2. The number of benzene rings is 1. The molecule has 1 heterocycles. The molecule has 0 saturated carbocycles. The number of hydrogen-bond donors (Lipinski definition) is 4. The van der Waals surface area contributed by atoms with Gasteiger partial charge >= 0.3 is 0 Å². The van der Waals surface area contributed by atoms with E-state index in [9.17, 15) is 4.79 Å². The molecule has 2 aromatic rings. The first-order valence-corrected chi connectivity index (χ1v) is 6.05. The number of nitrogen functional groups attached to an aromatic ring is 3. The van der Waals surface area contributed by atoms with Crippen molar-refractivity contribution in [1.29, 1.82) is 0 Å². The molecule has 0 saturated heterocycles. The van der Waals surface area contributed by atoms with E-state index in [1.807, 2.05) is 0 Å². The molecule has 8 heteroatoms. The Labute approximate surface area is 113 Å². The van der Waals surface area contributed by atoms with Gasteiger partial charge < -0.3 is 22.9 Å². The van der Waals surface area contributed by atoms with Crippen LogP contribution in [-0.4, -0.2) is 15.9 Å². The van der Waals surface area contributed by atoms with Crippen LogP contribution in [0.2, 0.25) is 0 Å². The first-order chi connectivity index (χ1) is 8.97. The fraction of sp³-hybridized carbons (Fsp3) is 0. The van der Waals surface area contributed by atoms with Gasteiger partial charge in [-0.3, -0.25) is 4.79 Å². The van der Waals surface area contributed by atoms with Crippen LogP contribution < -0.4 is 22.9 Å². The summed E-state index contributed by atoms with van der Waals surface area (Å²) >= 11 is 1.16. The maximum Gasteiger partial charge on any atom is 0.250 e. The molecule has 0 aliphatic carbocycles. The van der Waals surface area contributed by atoms with Gasteiger partial charge in [0.15, 0.2) is 5.16 Å². The molecule has 8 N–H and O–H groups in total. The number of hydrogen-bond acceptors (Lipinski definition) is 7. The number of primary amides is 1. The van der Waals surface area contributed by atoms with Crippen molar-refractivity contribution in [2.24, 2.45) is 5.73 Å². The molecule has 1 aromatic heterocycles. The van der Waals surface area contributed by atoms with E-state index in [-0.39, 0.29) is 22.9 Å². The SMILES string of the molecule is NC(=O)c1cccc(Sc2nc(N)cc(N)n2)c1N. The van der Waals surface area contributed by atoms with E-state index < -0.39 is 5.91 Å². The van der Waals surface area contributed by atoms with Gasteiger partial charge in [-0.25, -0.2) is 9.97 Å². The van der Waals surface area contributed by atoms with Gasteiger partial charge in [-0.15, -0.1) is 0 Å². The van der Waals surface area contributed by atoms with E-state index in [0.717, 1.165) is 11.8 Å². The highest BCUT2D eigenvalue weighted by Crippen LogP contribution is 2.32. The molecule has 0 bridgehead atoms. The van der Waals surface area contributed by atoms with Gasteiger partial charge in [0.2, 0.25) is 0 Å². The second-order valence-corrected chi connectivity index (χ2v) is 4.69. The Morgan fingerprint density at radius 1 is 1.11 bits per heavy atom. The van der Waals surface area contributed by atoms with Crippen LogP contribution in [0, 0.1) is 0 Å². The minimum atomic E-state index is -0.590. The zero-order chi connectivity index (χ0) is 14.0. The highest BCUT2D eigenvalue weighted by molar-refractivity contribution is 7.99. The van der Waals surface area contributed by atoms with Crippen LogP contribution in [0.1, 0.15) is 10.4 Å². The van der Waals surface area contributed by atoms with E-state index in [1.165, 1.54) is 6.07 Å². The normalized spacial score (nSPS) is 10.3. The molecule has 0 fully saturated rings. The van der Waals surface area contributed by atoms with Crippen LogP contribution in [0.25, 0.3) is 0 Å². The summed E-state index contributed by atoms with van der Waals surface area (Å²) in [4.78, 5) is 19.9. The lowest BCUT2D eigenvalue weighted by Gasteiger charge is -2.08. The number of carbonyl (C=O) groups is 1. The van der Waals surface area contributed by atoms with Gasteiger partial charge in [0.25, 0.3) is 5.91 Å². The van der Waals surface area contributed by atoms with E-state index in [0.29, 0.717) is 10.1 Å². The summed E-state index contributed by atoms with van der Waals surface area (Å²) in [5.41, 5.74) is 22.8. The fourth-order valence-corrected chi connectivity index (χ4v) is 2.32. The van der Waals surface area contributed by atoms with Crippen molar-refractivity contribution in [2.45, 2.75) is 10.1 Å². The number of anilines is 3. The third kappa shape index (κ3) is 2.86. The van der Waals surface area contributed by atoms with Crippen LogP contribution in [-0.2, 0) is 0 Å². The van der Waals surface area contributed by atoms with E-state index >= 15 is 0 Å². The minimum Gasteiger partial charge on any atom is -0.397 e. The number of nitrogens with zero attached hydrogens (tertiary/aromatic N) is 2. The largest absolute Gasteiger partial charge is 0.397 e. The van der Waals surface area contributed by atoms with Gasteiger partial charge in [-0.1, -0.05) is 6.07 Å². The first-order valence-electron chi connectivity index (χ1n) is 5.23. The average molecular weight is 276 g/mol. The Morgan fingerprint density at radius 3 is 2.32 bits per heavy atom. The number of amides is 1. The van der Waals surface area contributed by atoms with Crippen LogP contribution >= 0.6 is 11.8 Å². The summed E-state index contributed by atoms with van der Waals surface area (Å²) in [5, 5.41) is 0.353. The fourth-order valence-electron chi connectivity index (χ4n) is 1.45. The molecule has 0 aliphatic rings. The third-order valence-electron chi connectivity index (χ3n) is 2.28. The van der Waals surface area contributed by atoms with Crippen LogP contribution in [0.4, 0.5) is 17.3 Å². The summed E-state index contributed by atoms with van der Waals surface area (Å²) in [6, 6.07) is 6.41. The molecule has 1 amide bonds. The lowest BCUT2D eigenvalue weighted by molar-refractivity contribution is 0.100. The predicted molar refractivity (Wildman–Crippen MR) is 74.4 cm³/mol. The number of carbonyl (C=O) groups excluding carboxylic acids is 1.